The molecular formula is C17H17F3N2O5. The van der Waals surface area contributed by atoms with E-state index in [-0.39, 0.29) is 19.1 Å². The van der Waals surface area contributed by atoms with Gasteiger partial charge < -0.3 is 24.4 Å². The molecular weight excluding hydrogens is 369 g/mol. The molecule has 1 aliphatic heterocycles. The highest BCUT2D eigenvalue weighted by Gasteiger charge is 2.41. The summed E-state index contributed by atoms with van der Waals surface area (Å²) < 4.78 is 54.2. The van der Waals surface area contributed by atoms with Crippen LogP contribution in [0.4, 0.5) is 13.2 Å². The third-order valence-corrected chi connectivity index (χ3v) is 3.91. The maximum Gasteiger partial charge on any atom is 0.433 e. The van der Waals surface area contributed by atoms with Crippen molar-refractivity contribution < 1.29 is 37.6 Å². The minimum Gasteiger partial charge on any atom is -0.475 e. The second kappa shape index (κ2) is 8.07. The third-order valence-electron chi connectivity index (χ3n) is 3.91. The summed E-state index contributed by atoms with van der Waals surface area (Å²) in [7, 11) is 0. The van der Waals surface area contributed by atoms with Crippen molar-refractivity contribution in [1.82, 2.24) is 9.97 Å². The molecule has 2 aromatic rings. The van der Waals surface area contributed by atoms with Gasteiger partial charge in [-0.2, -0.15) is 13.2 Å². The van der Waals surface area contributed by atoms with Crippen molar-refractivity contribution in [1.29, 1.82) is 0 Å². The number of pyridine rings is 2. The summed E-state index contributed by atoms with van der Waals surface area (Å²) in [4.78, 5) is 7.32. The van der Waals surface area contributed by atoms with Crippen LogP contribution in [0.3, 0.4) is 0 Å². The van der Waals surface area contributed by atoms with Crippen LogP contribution in [0.2, 0.25) is 0 Å². The molecule has 0 aliphatic carbocycles. The summed E-state index contributed by atoms with van der Waals surface area (Å²) in [6.45, 7) is -0.226. The molecule has 0 bridgehead atoms. The fraction of sp³-hybridized carbons (Fsp3) is 0.412. The van der Waals surface area contributed by atoms with Gasteiger partial charge in [0.25, 0.3) is 0 Å². The molecule has 7 nitrogen and oxygen atoms in total. The normalized spacial score (nSPS) is 25.8. The van der Waals surface area contributed by atoms with Gasteiger partial charge in [-0.15, -0.1) is 0 Å². The number of rotatable bonds is 5. The zero-order chi connectivity index (χ0) is 19.4. The molecule has 0 radical (unpaired) electrons. The van der Waals surface area contributed by atoms with Crippen molar-refractivity contribution in [2.45, 2.75) is 30.6 Å². The number of ether oxygens (including phenoxy) is 3. The van der Waals surface area contributed by atoms with Crippen molar-refractivity contribution in [3.05, 3.63) is 48.3 Å². The van der Waals surface area contributed by atoms with Gasteiger partial charge in [-0.3, -0.25) is 0 Å². The zero-order valence-electron chi connectivity index (χ0n) is 13.9. The number of halogens is 3. The molecule has 1 saturated heterocycles. The quantitative estimate of drug-likeness (QED) is 0.803. The van der Waals surface area contributed by atoms with E-state index in [1.807, 2.05) is 0 Å². The second-order valence-corrected chi connectivity index (χ2v) is 5.85. The predicted octanol–water partition coefficient (Wildman–Crippen LogP) is 1.44. The lowest BCUT2D eigenvalue weighted by atomic mass is 10.0. The highest BCUT2D eigenvalue weighted by molar-refractivity contribution is 5.18. The van der Waals surface area contributed by atoms with Crippen molar-refractivity contribution in [2.24, 2.45) is 0 Å². The molecule has 0 saturated carbocycles. The molecule has 0 aromatic carbocycles. The number of aliphatic hydroxyl groups excluding tert-OH is 2. The first-order valence-electron chi connectivity index (χ1n) is 8.07. The summed E-state index contributed by atoms with van der Waals surface area (Å²) in [5.41, 5.74) is -1.12. The lowest BCUT2D eigenvalue weighted by Gasteiger charge is -2.37. The predicted molar refractivity (Wildman–Crippen MR) is 85.1 cm³/mol. The summed E-state index contributed by atoms with van der Waals surface area (Å²) in [5.74, 6) is 0.00203. The summed E-state index contributed by atoms with van der Waals surface area (Å²) in [5, 5.41) is 20.4. The number of hydrogen-bond donors (Lipinski definition) is 2. The lowest BCUT2D eigenvalue weighted by Crippen LogP contribution is -2.56. The van der Waals surface area contributed by atoms with E-state index < -0.39 is 36.3 Å². The average Bonchev–Trinajstić information content (AvgIpc) is 2.65. The maximum absolute atomic E-state index is 12.7. The van der Waals surface area contributed by atoms with Gasteiger partial charge in [-0.1, -0.05) is 12.1 Å². The van der Waals surface area contributed by atoms with Crippen LogP contribution in [0.1, 0.15) is 5.69 Å². The van der Waals surface area contributed by atoms with Crippen LogP contribution >= 0.6 is 0 Å². The summed E-state index contributed by atoms with van der Waals surface area (Å²) >= 11 is 0. The van der Waals surface area contributed by atoms with Crippen LogP contribution in [-0.4, -0.2) is 57.8 Å². The Balaban J connectivity index is 1.59. The SMILES string of the molecule is O[C@@H]1[C@H](O)[C@@H](Oc2cccc(C(F)(F)F)n2)CO[C@@H]1COc1ccccn1. The number of hydrogen-bond acceptors (Lipinski definition) is 7. The highest BCUT2D eigenvalue weighted by atomic mass is 19.4. The smallest absolute Gasteiger partial charge is 0.433 e. The van der Waals surface area contributed by atoms with Gasteiger partial charge in [0.05, 0.1) is 6.61 Å². The van der Waals surface area contributed by atoms with Crippen LogP contribution < -0.4 is 9.47 Å². The molecule has 27 heavy (non-hydrogen) atoms. The lowest BCUT2D eigenvalue weighted by molar-refractivity contribution is -0.187. The molecule has 3 heterocycles. The van der Waals surface area contributed by atoms with Crippen LogP contribution in [0, 0.1) is 0 Å². The van der Waals surface area contributed by atoms with Crippen LogP contribution in [0.25, 0.3) is 0 Å². The van der Waals surface area contributed by atoms with E-state index in [1.54, 1.807) is 18.2 Å². The zero-order valence-corrected chi connectivity index (χ0v) is 13.9. The first-order valence-corrected chi connectivity index (χ1v) is 8.07. The molecule has 2 aromatic heterocycles. The average molecular weight is 386 g/mol. The Kier molecular flexibility index (Phi) is 5.78. The van der Waals surface area contributed by atoms with Crippen molar-refractivity contribution >= 4 is 0 Å². The number of nitrogens with zero attached hydrogens (tertiary/aromatic N) is 2. The Hall–Kier alpha value is -2.43. The molecule has 3 rings (SSSR count). The van der Waals surface area contributed by atoms with E-state index in [0.717, 1.165) is 12.1 Å². The Morgan fingerprint density at radius 1 is 1.07 bits per heavy atom. The van der Waals surface area contributed by atoms with E-state index in [0.29, 0.717) is 5.88 Å². The fourth-order valence-electron chi connectivity index (χ4n) is 2.50. The molecule has 0 amide bonds. The monoisotopic (exact) mass is 386 g/mol. The molecule has 10 heteroatoms. The molecule has 0 unspecified atom stereocenters. The van der Waals surface area contributed by atoms with Gasteiger partial charge in [0.2, 0.25) is 11.8 Å². The van der Waals surface area contributed by atoms with E-state index in [1.165, 1.54) is 12.3 Å². The van der Waals surface area contributed by atoms with Gasteiger partial charge in [-0.25, -0.2) is 9.97 Å². The molecule has 0 spiro atoms. The minimum atomic E-state index is -4.62. The number of alkyl halides is 3. The highest BCUT2D eigenvalue weighted by Crippen LogP contribution is 2.29. The third kappa shape index (κ3) is 4.85. The topological polar surface area (TPSA) is 93.9 Å². The van der Waals surface area contributed by atoms with E-state index in [2.05, 4.69) is 9.97 Å². The Morgan fingerprint density at radius 3 is 2.56 bits per heavy atom. The standard InChI is InChI=1S/C17H17F3N2O5/c18-17(19,20)12-4-3-6-14(22-12)27-11-9-25-10(15(23)16(11)24)8-26-13-5-1-2-7-21-13/h1-7,10-11,15-16,23-24H,8-9H2/t10-,11+,15+,16-/m1/s1. The summed E-state index contributed by atoms with van der Waals surface area (Å²) in [6.07, 6.45) is -7.77. The van der Waals surface area contributed by atoms with Crippen LogP contribution in [0.15, 0.2) is 42.6 Å². The first kappa shape index (κ1) is 19.3. The van der Waals surface area contributed by atoms with Crippen molar-refractivity contribution in [2.75, 3.05) is 13.2 Å². The Bertz CT molecular complexity index is 747. The van der Waals surface area contributed by atoms with Crippen molar-refractivity contribution in [3.63, 3.8) is 0 Å². The molecule has 1 fully saturated rings. The van der Waals surface area contributed by atoms with Crippen LogP contribution in [-0.2, 0) is 10.9 Å². The van der Waals surface area contributed by atoms with Gasteiger partial charge in [0.15, 0.2) is 6.10 Å². The Labute approximate surface area is 152 Å². The number of aromatic nitrogens is 2. The molecule has 2 N–H and O–H groups in total. The largest absolute Gasteiger partial charge is 0.475 e. The molecule has 4 atom stereocenters. The van der Waals surface area contributed by atoms with Gasteiger partial charge in [0.1, 0.15) is 30.6 Å². The number of aliphatic hydroxyl groups is 2. The van der Waals surface area contributed by atoms with Gasteiger partial charge in [0, 0.05) is 18.3 Å². The Morgan fingerprint density at radius 2 is 1.85 bits per heavy atom. The van der Waals surface area contributed by atoms with E-state index in [4.69, 9.17) is 14.2 Å². The first-order chi connectivity index (χ1) is 12.8. The minimum absolute atomic E-state index is 0.0657. The van der Waals surface area contributed by atoms with Crippen molar-refractivity contribution in [3.8, 4) is 11.8 Å². The molecule has 1 aliphatic rings. The van der Waals surface area contributed by atoms with Crippen LogP contribution in [0.5, 0.6) is 11.8 Å². The molecule has 146 valence electrons. The second-order valence-electron chi connectivity index (χ2n) is 5.85. The van der Waals surface area contributed by atoms with Gasteiger partial charge >= 0.3 is 6.18 Å². The van der Waals surface area contributed by atoms with E-state index >= 15 is 0 Å². The van der Waals surface area contributed by atoms with Gasteiger partial charge in [-0.05, 0) is 12.1 Å². The maximum atomic E-state index is 12.7. The fourth-order valence-corrected chi connectivity index (χ4v) is 2.50. The van der Waals surface area contributed by atoms with E-state index in [9.17, 15) is 23.4 Å². The summed E-state index contributed by atoms with van der Waals surface area (Å²) in [6, 6.07) is 8.23.